The molecule has 1 fully saturated rings. The summed E-state index contributed by atoms with van der Waals surface area (Å²) in [5, 5.41) is 3.13. The molecule has 0 unspecified atom stereocenters. The zero-order valence-electron chi connectivity index (χ0n) is 9.18. The maximum Gasteiger partial charge on any atom is 0.249 e. The Hall–Kier alpha value is -1.09. The number of carbonyl (C=O) groups excluding carboxylic acids is 1. The molecule has 0 aromatic rings. The van der Waals surface area contributed by atoms with E-state index in [9.17, 15) is 4.79 Å². The minimum atomic E-state index is 0.115. The molecule has 1 aliphatic heterocycles. The van der Waals surface area contributed by atoms with Crippen molar-refractivity contribution in [1.82, 2.24) is 10.2 Å². The van der Waals surface area contributed by atoms with Crippen molar-refractivity contribution in [2.45, 2.75) is 13.8 Å². The summed E-state index contributed by atoms with van der Waals surface area (Å²) >= 11 is 0. The maximum absolute atomic E-state index is 11.8. The molecule has 1 N–H and O–H groups in total. The summed E-state index contributed by atoms with van der Waals surface area (Å²) in [6, 6.07) is 0. The first-order valence-corrected chi connectivity index (χ1v) is 4.81. The molecule has 78 valence electrons. The summed E-state index contributed by atoms with van der Waals surface area (Å²) in [5.41, 5.74) is 3.11. The van der Waals surface area contributed by atoms with Gasteiger partial charge in [0.25, 0.3) is 0 Å². The highest BCUT2D eigenvalue weighted by atomic mass is 16.2. The minimum Gasteiger partial charge on any atom is -0.338 e. The van der Waals surface area contributed by atoms with Gasteiger partial charge in [0, 0.05) is 32.3 Å². The number of carbonyl (C=O) groups is 1. The van der Waals surface area contributed by atoms with E-state index in [0.29, 0.717) is 6.54 Å². The van der Waals surface area contributed by atoms with E-state index in [1.807, 2.05) is 20.9 Å². The normalized spacial score (nSPS) is 14.6. The number of nitrogens with zero attached hydrogens (tertiary/aromatic N) is 1. The molecule has 0 bridgehead atoms. The first-order valence-electron chi connectivity index (χ1n) is 4.81. The molecule has 0 radical (unpaired) electrons. The molecule has 0 atom stereocenters. The van der Waals surface area contributed by atoms with Gasteiger partial charge in [0.1, 0.15) is 0 Å². The van der Waals surface area contributed by atoms with Gasteiger partial charge in [-0.05, 0) is 19.4 Å². The number of hydrogen-bond acceptors (Lipinski definition) is 2. The quantitative estimate of drug-likeness (QED) is 0.535. The van der Waals surface area contributed by atoms with Gasteiger partial charge < -0.3 is 10.2 Å². The van der Waals surface area contributed by atoms with Crippen LogP contribution in [-0.2, 0) is 4.79 Å². The molecule has 1 saturated heterocycles. The van der Waals surface area contributed by atoms with E-state index >= 15 is 0 Å². The van der Waals surface area contributed by atoms with Crippen LogP contribution in [0.15, 0.2) is 23.3 Å². The van der Waals surface area contributed by atoms with Gasteiger partial charge >= 0.3 is 0 Å². The van der Waals surface area contributed by atoms with Gasteiger partial charge in [0.15, 0.2) is 0 Å². The third-order valence-electron chi connectivity index (χ3n) is 2.38. The zero-order valence-corrected chi connectivity index (χ0v) is 9.18. The molecular formula is C11H18N2O. The Morgan fingerprint density at radius 1 is 1.50 bits per heavy atom. The fraction of sp³-hybridized carbons (Fsp3) is 0.545. The zero-order chi connectivity index (χ0) is 10.7. The molecule has 0 saturated carbocycles. The van der Waals surface area contributed by atoms with E-state index in [4.69, 9.17) is 0 Å². The highest BCUT2D eigenvalue weighted by molar-refractivity contribution is 5.94. The summed E-state index contributed by atoms with van der Waals surface area (Å²) < 4.78 is 0. The van der Waals surface area contributed by atoms with Crippen LogP contribution < -0.4 is 5.32 Å². The van der Waals surface area contributed by atoms with E-state index in [2.05, 4.69) is 11.9 Å². The standard InChI is InChI=1S/C11H18N2O/c1-8(2)7-13(4)11(14)9(3)10-5-12-6-10/h12H,1,5-7H2,2-4H3. The summed E-state index contributed by atoms with van der Waals surface area (Å²) in [5.74, 6) is 0.115. The topological polar surface area (TPSA) is 32.3 Å². The van der Waals surface area contributed by atoms with Gasteiger partial charge in [-0.15, -0.1) is 0 Å². The van der Waals surface area contributed by atoms with Crippen LogP contribution in [0, 0.1) is 0 Å². The summed E-state index contributed by atoms with van der Waals surface area (Å²) in [6.07, 6.45) is 0. The molecule has 1 amide bonds. The second-order valence-corrected chi connectivity index (χ2v) is 3.95. The van der Waals surface area contributed by atoms with Gasteiger partial charge in [-0.25, -0.2) is 0 Å². The minimum absolute atomic E-state index is 0.115. The van der Waals surface area contributed by atoms with E-state index < -0.39 is 0 Å². The van der Waals surface area contributed by atoms with Crippen LogP contribution in [0.1, 0.15) is 13.8 Å². The lowest BCUT2D eigenvalue weighted by atomic mass is 10.0. The molecule has 3 heteroatoms. The van der Waals surface area contributed by atoms with Crippen molar-refractivity contribution in [2.24, 2.45) is 0 Å². The van der Waals surface area contributed by atoms with Crippen LogP contribution in [0.2, 0.25) is 0 Å². The Morgan fingerprint density at radius 3 is 2.43 bits per heavy atom. The number of likely N-dealkylation sites (N-methyl/N-ethyl adjacent to an activating group) is 1. The third kappa shape index (κ3) is 2.45. The van der Waals surface area contributed by atoms with E-state index in [0.717, 1.165) is 24.2 Å². The van der Waals surface area contributed by atoms with Gasteiger partial charge in [-0.1, -0.05) is 12.2 Å². The predicted octanol–water partition coefficient (Wildman–Crippen LogP) is 0.941. The Morgan fingerprint density at radius 2 is 2.07 bits per heavy atom. The smallest absolute Gasteiger partial charge is 0.249 e. The average molecular weight is 194 g/mol. The number of amides is 1. The summed E-state index contributed by atoms with van der Waals surface area (Å²) in [7, 11) is 1.81. The number of rotatable bonds is 3. The lowest BCUT2D eigenvalue weighted by Crippen LogP contribution is -2.38. The van der Waals surface area contributed by atoms with Crippen molar-refractivity contribution in [3.8, 4) is 0 Å². The monoisotopic (exact) mass is 194 g/mol. The van der Waals surface area contributed by atoms with Gasteiger partial charge in [-0.2, -0.15) is 0 Å². The van der Waals surface area contributed by atoms with Crippen molar-refractivity contribution in [1.29, 1.82) is 0 Å². The summed E-state index contributed by atoms with van der Waals surface area (Å²) in [6.45, 7) is 9.97. The second-order valence-electron chi connectivity index (χ2n) is 3.95. The molecule has 1 heterocycles. The summed E-state index contributed by atoms with van der Waals surface area (Å²) in [4.78, 5) is 13.5. The molecule has 1 aliphatic rings. The fourth-order valence-corrected chi connectivity index (χ4v) is 1.43. The van der Waals surface area contributed by atoms with Crippen molar-refractivity contribution >= 4 is 5.91 Å². The fourth-order valence-electron chi connectivity index (χ4n) is 1.43. The first-order chi connectivity index (χ1) is 6.52. The van der Waals surface area contributed by atoms with Crippen molar-refractivity contribution in [3.63, 3.8) is 0 Å². The van der Waals surface area contributed by atoms with Gasteiger partial charge in [-0.3, -0.25) is 4.79 Å². The molecule has 1 rings (SSSR count). The second kappa shape index (κ2) is 4.42. The first kappa shape index (κ1) is 11.0. The highest BCUT2D eigenvalue weighted by Crippen LogP contribution is 2.11. The molecule has 14 heavy (non-hydrogen) atoms. The molecular weight excluding hydrogens is 176 g/mol. The Kier molecular flexibility index (Phi) is 3.47. The van der Waals surface area contributed by atoms with Crippen LogP contribution in [0.25, 0.3) is 0 Å². The maximum atomic E-state index is 11.8. The number of nitrogens with one attached hydrogen (secondary N) is 1. The SMILES string of the molecule is C=C(C)CN(C)C(=O)C(C)=C1CNC1. The van der Waals surface area contributed by atoms with Crippen LogP contribution in [-0.4, -0.2) is 37.5 Å². The van der Waals surface area contributed by atoms with Gasteiger partial charge in [0.05, 0.1) is 0 Å². The van der Waals surface area contributed by atoms with Crippen molar-refractivity contribution < 1.29 is 4.79 Å². The number of hydrogen-bond donors (Lipinski definition) is 1. The average Bonchev–Trinajstić information content (AvgIpc) is 1.98. The molecule has 0 aromatic carbocycles. The van der Waals surface area contributed by atoms with Crippen LogP contribution >= 0.6 is 0 Å². The van der Waals surface area contributed by atoms with Crippen LogP contribution in [0.5, 0.6) is 0 Å². The molecule has 3 nitrogen and oxygen atoms in total. The highest BCUT2D eigenvalue weighted by Gasteiger charge is 2.18. The lowest BCUT2D eigenvalue weighted by molar-refractivity contribution is -0.125. The molecule has 0 aromatic heterocycles. The van der Waals surface area contributed by atoms with Crippen LogP contribution in [0.4, 0.5) is 0 Å². The van der Waals surface area contributed by atoms with Crippen molar-refractivity contribution in [3.05, 3.63) is 23.3 Å². The predicted molar refractivity (Wildman–Crippen MR) is 58.0 cm³/mol. The Balaban J connectivity index is 2.60. The van der Waals surface area contributed by atoms with Crippen LogP contribution in [0.3, 0.4) is 0 Å². The van der Waals surface area contributed by atoms with Crippen molar-refractivity contribution in [2.75, 3.05) is 26.7 Å². The third-order valence-corrected chi connectivity index (χ3v) is 2.38. The Labute approximate surface area is 85.5 Å². The largest absolute Gasteiger partial charge is 0.338 e. The van der Waals surface area contributed by atoms with E-state index in [-0.39, 0.29) is 5.91 Å². The molecule has 0 aliphatic carbocycles. The Bertz CT molecular complexity index is 286. The lowest BCUT2D eigenvalue weighted by Gasteiger charge is -2.24. The molecule has 0 spiro atoms. The van der Waals surface area contributed by atoms with E-state index in [1.54, 1.807) is 4.90 Å². The van der Waals surface area contributed by atoms with E-state index in [1.165, 1.54) is 5.57 Å². The van der Waals surface area contributed by atoms with Gasteiger partial charge in [0.2, 0.25) is 5.91 Å².